The number of halogens is 3. The van der Waals surface area contributed by atoms with E-state index in [4.69, 9.17) is 44.3 Å². The van der Waals surface area contributed by atoms with E-state index < -0.39 is 15.9 Å². The molecule has 0 bridgehead atoms. The fourth-order valence-electron chi connectivity index (χ4n) is 1.86. The maximum atomic E-state index is 11.6. The lowest BCUT2D eigenvalue weighted by Crippen LogP contribution is -2.29. The van der Waals surface area contributed by atoms with Crippen molar-refractivity contribution in [3.05, 3.63) is 61.2 Å². The third-order valence-corrected chi connectivity index (χ3v) is 3.47. The average molecular weight is 378 g/mol. The SMILES string of the molecule is C=CC[C@H](C[C@H](C=C)OC(=O)C(Cl)(Cl)Cl)OCc1ccccc1. The second kappa shape index (κ2) is 9.99. The van der Waals surface area contributed by atoms with Crippen molar-refractivity contribution in [2.75, 3.05) is 0 Å². The van der Waals surface area contributed by atoms with Crippen molar-refractivity contribution in [1.82, 2.24) is 0 Å². The van der Waals surface area contributed by atoms with Crippen LogP contribution in [-0.4, -0.2) is 22.0 Å². The van der Waals surface area contributed by atoms with Crippen molar-refractivity contribution < 1.29 is 14.3 Å². The lowest BCUT2D eigenvalue weighted by Gasteiger charge is -2.22. The summed E-state index contributed by atoms with van der Waals surface area (Å²) in [6.07, 6.45) is 3.41. The molecule has 3 nitrogen and oxygen atoms in total. The van der Waals surface area contributed by atoms with Crippen molar-refractivity contribution >= 4 is 40.8 Å². The van der Waals surface area contributed by atoms with Gasteiger partial charge in [-0.25, -0.2) is 4.79 Å². The molecular weight excluding hydrogens is 359 g/mol. The van der Waals surface area contributed by atoms with Gasteiger partial charge in [0.05, 0.1) is 12.7 Å². The van der Waals surface area contributed by atoms with Gasteiger partial charge in [-0.1, -0.05) is 83.9 Å². The molecule has 0 spiro atoms. The molecule has 0 aliphatic carbocycles. The van der Waals surface area contributed by atoms with Gasteiger partial charge in [-0.15, -0.1) is 6.58 Å². The summed E-state index contributed by atoms with van der Waals surface area (Å²) in [6.45, 7) is 7.80. The van der Waals surface area contributed by atoms with E-state index in [0.717, 1.165) is 5.56 Å². The Bertz CT molecular complexity index is 512. The van der Waals surface area contributed by atoms with E-state index in [1.165, 1.54) is 6.08 Å². The van der Waals surface area contributed by atoms with E-state index in [2.05, 4.69) is 13.2 Å². The molecule has 23 heavy (non-hydrogen) atoms. The molecule has 0 amide bonds. The van der Waals surface area contributed by atoms with Crippen LogP contribution in [0.2, 0.25) is 0 Å². The van der Waals surface area contributed by atoms with Crippen molar-refractivity contribution in [2.24, 2.45) is 0 Å². The first-order valence-electron chi connectivity index (χ1n) is 7.03. The molecule has 1 rings (SSSR count). The van der Waals surface area contributed by atoms with Crippen LogP contribution in [0.1, 0.15) is 18.4 Å². The monoisotopic (exact) mass is 376 g/mol. The van der Waals surface area contributed by atoms with Gasteiger partial charge in [0.25, 0.3) is 3.79 Å². The second-order valence-electron chi connectivity index (χ2n) is 4.86. The molecule has 1 aromatic carbocycles. The van der Waals surface area contributed by atoms with Crippen molar-refractivity contribution in [3.8, 4) is 0 Å². The summed E-state index contributed by atoms with van der Waals surface area (Å²) < 4.78 is 8.87. The van der Waals surface area contributed by atoms with Gasteiger partial charge in [-0.2, -0.15) is 0 Å². The number of benzene rings is 1. The van der Waals surface area contributed by atoms with Gasteiger partial charge < -0.3 is 9.47 Å². The largest absolute Gasteiger partial charge is 0.455 e. The van der Waals surface area contributed by atoms with Gasteiger partial charge in [-0.3, -0.25) is 0 Å². The summed E-state index contributed by atoms with van der Waals surface area (Å²) in [6, 6.07) is 9.76. The molecule has 0 heterocycles. The minimum absolute atomic E-state index is 0.195. The maximum absolute atomic E-state index is 11.6. The lowest BCUT2D eigenvalue weighted by molar-refractivity contribution is -0.147. The van der Waals surface area contributed by atoms with Crippen LogP contribution >= 0.6 is 34.8 Å². The molecule has 0 aliphatic heterocycles. The highest BCUT2D eigenvalue weighted by atomic mass is 35.6. The van der Waals surface area contributed by atoms with Crippen LogP contribution in [0, 0.1) is 0 Å². The summed E-state index contributed by atoms with van der Waals surface area (Å²) in [7, 11) is 0. The van der Waals surface area contributed by atoms with Crippen LogP contribution in [0.5, 0.6) is 0 Å². The smallest absolute Gasteiger partial charge is 0.359 e. The van der Waals surface area contributed by atoms with Crippen molar-refractivity contribution in [1.29, 1.82) is 0 Å². The molecule has 0 N–H and O–H groups in total. The Balaban J connectivity index is 2.60. The lowest BCUT2D eigenvalue weighted by atomic mass is 10.1. The number of hydrogen-bond acceptors (Lipinski definition) is 3. The molecule has 6 heteroatoms. The third kappa shape index (κ3) is 7.89. The quantitative estimate of drug-likeness (QED) is 0.345. The number of esters is 1. The molecule has 2 atom stereocenters. The van der Waals surface area contributed by atoms with E-state index in [9.17, 15) is 4.79 Å². The molecule has 0 radical (unpaired) electrons. The number of carbonyl (C=O) groups is 1. The Hall–Kier alpha value is -1.00. The van der Waals surface area contributed by atoms with Crippen LogP contribution in [0.4, 0.5) is 0 Å². The molecule has 0 saturated heterocycles. The Kier molecular flexibility index (Phi) is 8.71. The molecule has 0 aromatic heterocycles. The topological polar surface area (TPSA) is 35.5 Å². The van der Waals surface area contributed by atoms with Crippen LogP contribution in [0.25, 0.3) is 0 Å². The van der Waals surface area contributed by atoms with E-state index in [-0.39, 0.29) is 6.10 Å². The first kappa shape index (κ1) is 20.0. The zero-order chi connectivity index (χ0) is 17.3. The summed E-state index contributed by atoms with van der Waals surface area (Å²) in [5, 5.41) is 0. The van der Waals surface area contributed by atoms with Gasteiger partial charge in [0.15, 0.2) is 0 Å². The minimum Gasteiger partial charge on any atom is -0.455 e. The van der Waals surface area contributed by atoms with E-state index in [1.807, 2.05) is 30.3 Å². The zero-order valence-electron chi connectivity index (χ0n) is 12.6. The van der Waals surface area contributed by atoms with Gasteiger partial charge >= 0.3 is 5.97 Å². The molecule has 126 valence electrons. The first-order chi connectivity index (χ1) is 10.9. The highest BCUT2D eigenvalue weighted by Gasteiger charge is 2.34. The van der Waals surface area contributed by atoms with Crippen LogP contribution < -0.4 is 0 Å². The molecule has 0 fully saturated rings. The van der Waals surface area contributed by atoms with E-state index >= 15 is 0 Å². The predicted octanol–water partition coefficient (Wildman–Crippen LogP) is 5.01. The first-order valence-corrected chi connectivity index (χ1v) is 8.17. The Morgan fingerprint density at radius 2 is 1.87 bits per heavy atom. The predicted molar refractivity (Wildman–Crippen MR) is 94.8 cm³/mol. The fourth-order valence-corrected chi connectivity index (χ4v) is 2.00. The Morgan fingerprint density at radius 1 is 1.22 bits per heavy atom. The van der Waals surface area contributed by atoms with Crippen LogP contribution in [0.15, 0.2) is 55.6 Å². The summed E-state index contributed by atoms with van der Waals surface area (Å²) in [5.74, 6) is -0.937. The van der Waals surface area contributed by atoms with Crippen LogP contribution in [-0.2, 0) is 20.9 Å². The summed E-state index contributed by atoms with van der Waals surface area (Å²) in [5.41, 5.74) is 1.05. The van der Waals surface area contributed by atoms with Gasteiger partial charge in [0.2, 0.25) is 0 Å². The highest BCUT2D eigenvalue weighted by Crippen LogP contribution is 2.28. The minimum atomic E-state index is -2.11. The average Bonchev–Trinajstić information content (AvgIpc) is 2.52. The number of alkyl halides is 3. The molecule has 0 saturated carbocycles. The van der Waals surface area contributed by atoms with Crippen molar-refractivity contribution in [2.45, 2.75) is 35.4 Å². The molecule has 0 aliphatic rings. The third-order valence-electron chi connectivity index (χ3n) is 3.01. The van der Waals surface area contributed by atoms with E-state index in [0.29, 0.717) is 19.4 Å². The van der Waals surface area contributed by atoms with Crippen molar-refractivity contribution in [3.63, 3.8) is 0 Å². The molecular formula is C17H19Cl3O3. The number of rotatable bonds is 9. The van der Waals surface area contributed by atoms with E-state index in [1.54, 1.807) is 6.08 Å². The number of hydrogen-bond donors (Lipinski definition) is 0. The molecule has 0 unspecified atom stereocenters. The van der Waals surface area contributed by atoms with Gasteiger partial charge in [0, 0.05) is 6.42 Å². The second-order valence-corrected chi connectivity index (χ2v) is 7.14. The van der Waals surface area contributed by atoms with Gasteiger partial charge in [-0.05, 0) is 12.0 Å². The van der Waals surface area contributed by atoms with Gasteiger partial charge in [0.1, 0.15) is 6.10 Å². The summed E-state index contributed by atoms with van der Waals surface area (Å²) in [4.78, 5) is 11.6. The Labute approximate surface area is 151 Å². The maximum Gasteiger partial charge on any atom is 0.359 e. The number of ether oxygens (including phenoxy) is 2. The zero-order valence-corrected chi connectivity index (χ0v) is 14.9. The van der Waals surface area contributed by atoms with Crippen LogP contribution in [0.3, 0.4) is 0 Å². The fraction of sp³-hybridized carbons (Fsp3) is 0.353. The summed E-state index contributed by atoms with van der Waals surface area (Å²) >= 11 is 16.5. The normalized spacial score (nSPS) is 13.9. The Morgan fingerprint density at radius 3 is 2.39 bits per heavy atom. The number of carbonyl (C=O) groups excluding carboxylic acids is 1. The highest BCUT2D eigenvalue weighted by molar-refractivity contribution is 6.75. The molecule has 1 aromatic rings. The standard InChI is InChI=1S/C17H19Cl3O3/c1-3-8-15(22-12-13-9-6-5-7-10-13)11-14(4-2)23-16(21)17(18,19)20/h3-7,9-10,14-15H,1-2,8,11-12H2/t14-,15+/m0/s1.